The fraction of sp³-hybridized carbons (Fsp3) is 0.188. The molecule has 0 bridgehead atoms. The number of hydrogen-bond acceptors (Lipinski definition) is 2. The monoisotopic (exact) mass is 307 g/mol. The van der Waals surface area contributed by atoms with Crippen molar-refractivity contribution in [2.24, 2.45) is 0 Å². The Kier molecular flexibility index (Phi) is 4.81. The van der Waals surface area contributed by atoms with Crippen molar-refractivity contribution in [3.63, 3.8) is 0 Å². The Morgan fingerprint density at radius 3 is 2.52 bits per heavy atom. The molecular weight excluding hydrogens is 293 g/mol. The van der Waals surface area contributed by atoms with Gasteiger partial charge in [0.2, 0.25) is 0 Å². The summed E-state index contributed by atoms with van der Waals surface area (Å²) in [4.78, 5) is 12.1. The van der Waals surface area contributed by atoms with Gasteiger partial charge in [-0.05, 0) is 55.8 Å². The van der Waals surface area contributed by atoms with Gasteiger partial charge in [0, 0.05) is 0 Å². The van der Waals surface area contributed by atoms with Crippen LogP contribution in [-0.4, -0.2) is 12.0 Å². The molecule has 5 heteroatoms. The summed E-state index contributed by atoms with van der Waals surface area (Å²) in [5.74, 6) is -0.259. The van der Waals surface area contributed by atoms with Crippen molar-refractivity contribution in [2.45, 2.75) is 20.0 Å². The number of aryl methyl sites for hydroxylation is 1. The molecule has 0 aliphatic carbocycles. The topological polar surface area (TPSA) is 38.3 Å². The Morgan fingerprint density at radius 2 is 1.90 bits per heavy atom. The number of carbonyl (C=O) groups excluding carboxylic acids is 1. The molecule has 0 fully saturated rings. The van der Waals surface area contributed by atoms with Crippen molar-refractivity contribution in [1.29, 1.82) is 0 Å². The van der Waals surface area contributed by atoms with E-state index in [1.165, 1.54) is 24.3 Å². The van der Waals surface area contributed by atoms with Crippen LogP contribution in [0.15, 0.2) is 42.5 Å². The number of ether oxygens (including phenoxy) is 1. The minimum Gasteiger partial charge on any atom is -0.481 e. The van der Waals surface area contributed by atoms with Crippen LogP contribution in [0.1, 0.15) is 12.5 Å². The molecule has 2 aromatic rings. The fourth-order valence-electron chi connectivity index (χ4n) is 1.73. The third-order valence-corrected chi connectivity index (χ3v) is 3.19. The number of hydrogen-bond donors (Lipinski definition) is 1. The predicted molar refractivity (Wildman–Crippen MR) is 81.3 cm³/mol. The van der Waals surface area contributed by atoms with Crippen LogP contribution in [0.3, 0.4) is 0 Å². The molecule has 3 nitrogen and oxygen atoms in total. The molecule has 0 unspecified atom stereocenters. The molecule has 2 rings (SSSR count). The predicted octanol–water partition coefficient (Wildman–Crippen LogP) is 4.19. The SMILES string of the molecule is Cc1ccc(NC(=O)[C@@H](C)Oc2ccc(F)cc2)c(Cl)c1. The zero-order valence-corrected chi connectivity index (χ0v) is 12.4. The Bertz CT molecular complexity index is 643. The first-order valence-electron chi connectivity index (χ1n) is 6.45. The summed E-state index contributed by atoms with van der Waals surface area (Å²) in [5, 5.41) is 3.17. The van der Waals surface area contributed by atoms with E-state index in [1.807, 2.05) is 13.0 Å². The van der Waals surface area contributed by atoms with Crippen molar-refractivity contribution in [1.82, 2.24) is 0 Å². The van der Waals surface area contributed by atoms with Gasteiger partial charge < -0.3 is 10.1 Å². The number of halogens is 2. The molecule has 0 saturated carbocycles. The van der Waals surface area contributed by atoms with Crippen LogP contribution in [0.5, 0.6) is 5.75 Å². The quantitative estimate of drug-likeness (QED) is 0.919. The molecule has 2 aromatic carbocycles. The van der Waals surface area contributed by atoms with E-state index in [4.69, 9.17) is 16.3 Å². The van der Waals surface area contributed by atoms with Crippen LogP contribution in [0.4, 0.5) is 10.1 Å². The summed E-state index contributed by atoms with van der Waals surface area (Å²) in [6.45, 7) is 3.53. The Balaban J connectivity index is 2.00. The second-order valence-electron chi connectivity index (χ2n) is 4.69. The molecule has 0 aliphatic rings. The van der Waals surface area contributed by atoms with Crippen molar-refractivity contribution in [3.05, 3.63) is 58.9 Å². The van der Waals surface area contributed by atoms with Gasteiger partial charge in [-0.25, -0.2) is 4.39 Å². The lowest BCUT2D eigenvalue weighted by Gasteiger charge is -2.15. The van der Waals surface area contributed by atoms with E-state index in [2.05, 4.69) is 5.32 Å². The summed E-state index contributed by atoms with van der Waals surface area (Å²) >= 11 is 6.06. The first-order valence-corrected chi connectivity index (χ1v) is 6.83. The highest BCUT2D eigenvalue weighted by atomic mass is 35.5. The van der Waals surface area contributed by atoms with Crippen LogP contribution in [0.2, 0.25) is 5.02 Å². The van der Waals surface area contributed by atoms with Crippen LogP contribution in [0.25, 0.3) is 0 Å². The van der Waals surface area contributed by atoms with Crippen LogP contribution >= 0.6 is 11.6 Å². The lowest BCUT2D eigenvalue weighted by molar-refractivity contribution is -0.122. The Labute approximate surface area is 127 Å². The molecule has 0 radical (unpaired) electrons. The summed E-state index contributed by atoms with van der Waals surface area (Å²) in [5.41, 5.74) is 1.54. The van der Waals surface area contributed by atoms with Gasteiger partial charge in [-0.2, -0.15) is 0 Å². The van der Waals surface area contributed by atoms with E-state index in [1.54, 1.807) is 19.1 Å². The van der Waals surface area contributed by atoms with Crippen molar-refractivity contribution < 1.29 is 13.9 Å². The third-order valence-electron chi connectivity index (χ3n) is 2.88. The average molecular weight is 308 g/mol. The normalized spacial score (nSPS) is 11.8. The van der Waals surface area contributed by atoms with E-state index in [0.29, 0.717) is 16.5 Å². The Morgan fingerprint density at radius 1 is 1.24 bits per heavy atom. The van der Waals surface area contributed by atoms with Gasteiger partial charge in [0.25, 0.3) is 5.91 Å². The highest BCUT2D eigenvalue weighted by Crippen LogP contribution is 2.23. The van der Waals surface area contributed by atoms with Gasteiger partial charge in [-0.1, -0.05) is 17.7 Å². The van der Waals surface area contributed by atoms with Crippen molar-refractivity contribution >= 4 is 23.2 Å². The largest absolute Gasteiger partial charge is 0.481 e. The number of nitrogens with one attached hydrogen (secondary N) is 1. The molecule has 1 N–H and O–H groups in total. The summed E-state index contributed by atoms with van der Waals surface area (Å²) in [6.07, 6.45) is -0.729. The molecule has 0 heterocycles. The fourth-order valence-corrected chi connectivity index (χ4v) is 2.01. The van der Waals surface area contributed by atoms with Gasteiger partial charge in [-0.3, -0.25) is 4.79 Å². The maximum Gasteiger partial charge on any atom is 0.265 e. The molecular formula is C16H15ClFNO2. The summed E-state index contributed by atoms with van der Waals surface area (Å²) in [7, 11) is 0. The summed E-state index contributed by atoms with van der Waals surface area (Å²) < 4.78 is 18.2. The van der Waals surface area contributed by atoms with Crippen molar-refractivity contribution in [2.75, 3.05) is 5.32 Å². The number of carbonyl (C=O) groups is 1. The first-order chi connectivity index (χ1) is 9.95. The molecule has 1 atom stereocenters. The maximum atomic E-state index is 12.8. The van der Waals surface area contributed by atoms with E-state index >= 15 is 0 Å². The summed E-state index contributed by atoms with van der Waals surface area (Å²) in [6, 6.07) is 10.8. The van der Waals surface area contributed by atoms with Gasteiger partial charge in [0.05, 0.1) is 10.7 Å². The molecule has 0 aromatic heterocycles. The maximum absolute atomic E-state index is 12.8. The Hall–Kier alpha value is -2.07. The number of benzene rings is 2. The van der Waals surface area contributed by atoms with Gasteiger partial charge in [-0.15, -0.1) is 0 Å². The van der Waals surface area contributed by atoms with Crippen LogP contribution in [0, 0.1) is 12.7 Å². The lowest BCUT2D eigenvalue weighted by atomic mass is 10.2. The van der Waals surface area contributed by atoms with Crippen LogP contribution < -0.4 is 10.1 Å². The smallest absolute Gasteiger partial charge is 0.265 e. The third kappa shape index (κ3) is 4.20. The molecule has 21 heavy (non-hydrogen) atoms. The minimum absolute atomic E-state index is 0.329. The van der Waals surface area contributed by atoms with E-state index in [0.717, 1.165) is 5.56 Å². The number of amides is 1. The number of rotatable bonds is 4. The second-order valence-corrected chi connectivity index (χ2v) is 5.09. The minimum atomic E-state index is -0.729. The van der Waals surface area contributed by atoms with Crippen molar-refractivity contribution in [3.8, 4) is 5.75 Å². The second kappa shape index (κ2) is 6.59. The zero-order valence-electron chi connectivity index (χ0n) is 11.7. The highest BCUT2D eigenvalue weighted by molar-refractivity contribution is 6.33. The first kappa shape index (κ1) is 15.3. The van der Waals surface area contributed by atoms with E-state index < -0.39 is 6.10 Å². The van der Waals surface area contributed by atoms with Gasteiger partial charge >= 0.3 is 0 Å². The molecule has 0 aliphatic heterocycles. The van der Waals surface area contributed by atoms with E-state index in [-0.39, 0.29) is 11.7 Å². The lowest BCUT2D eigenvalue weighted by Crippen LogP contribution is -2.30. The molecule has 0 saturated heterocycles. The average Bonchev–Trinajstić information content (AvgIpc) is 2.44. The highest BCUT2D eigenvalue weighted by Gasteiger charge is 2.16. The van der Waals surface area contributed by atoms with Gasteiger partial charge in [0.1, 0.15) is 11.6 Å². The standard InChI is InChI=1S/C16H15ClFNO2/c1-10-3-8-15(14(17)9-10)19-16(20)11(2)21-13-6-4-12(18)5-7-13/h3-9,11H,1-2H3,(H,19,20)/t11-/m1/s1. The van der Waals surface area contributed by atoms with E-state index in [9.17, 15) is 9.18 Å². The van der Waals surface area contributed by atoms with Gasteiger partial charge in [0.15, 0.2) is 6.10 Å². The zero-order chi connectivity index (χ0) is 15.4. The molecule has 0 spiro atoms. The molecule has 1 amide bonds. The molecule has 110 valence electrons. The number of anilines is 1. The van der Waals surface area contributed by atoms with Crippen LogP contribution in [-0.2, 0) is 4.79 Å².